The van der Waals surface area contributed by atoms with Crippen LogP contribution in [-0.2, 0) is 0 Å². The van der Waals surface area contributed by atoms with Gasteiger partial charge in [0, 0.05) is 0 Å². The molecule has 4 aromatic rings. The predicted octanol–water partition coefficient (Wildman–Crippen LogP) is 7.87. The zero-order valence-corrected chi connectivity index (χ0v) is 21.1. The quantitative estimate of drug-likeness (QED) is 0.267. The number of benzene rings is 4. The van der Waals surface area contributed by atoms with Crippen LogP contribution in [0.4, 0.5) is 0 Å². The van der Waals surface area contributed by atoms with Crippen molar-refractivity contribution in [1.82, 2.24) is 0 Å². The lowest BCUT2D eigenvalue weighted by Gasteiger charge is -2.24. The summed E-state index contributed by atoms with van der Waals surface area (Å²) in [4.78, 5) is 0. The van der Waals surface area contributed by atoms with E-state index in [2.05, 4.69) is 142 Å². The first kappa shape index (κ1) is 22.6. The standard InChI is InChI=1S/C33H31P/c1-33(2,3)28-21-19-27(23-28)31-22-20-26(25-13-7-4-8-14-25)24-32(31)34(29-15-9-5-10-16-29)30-17-11-6-12-18-30/h4-18,20-24H,19H2,1-3H3. The Bertz CT molecular complexity index is 1280. The van der Waals surface area contributed by atoms with Crippen molar-refractivity contribution in [3.8, 4) is 11.1 Å². The second-order valence-corrected chi connectivity index (χ2v) is 12.1. The van der Waals surface area contributed by atoms with Gasteiger partial charge in [-0.05, 0) is 69.6 Å². The molecule has 5 rings (SSSR count). The average Bonchev–Trinajstić information content (AvgIpc) is 3.37. The summed E-state index contributed by atoms with van der Waals surface area (Å²) in [5, 5.41) is 4.21. The van der Waals surface area contributed by atoms with Gasteiger partial charge in [-0.2, -0.15) is 0 Å². The van der Waals surface area contributed by atoms with Crippen molar-refractivity contribution in [2.75, 3.05) is 0 Å². The minimum absolute atomic E-state index is 0.162. The van der Waals surface area contributed by atoms with Crippen LogP contribution in [0, 0.1) is 5.41 Å². The zero-order chi connectivity index (χ0) is 23.5. The van der Waals surface area contributed by atoms with E-state index in [1.165, 1.54) is 43.8 Å². The lowest BCUT2D eigenvalue weighted by molar-refractivity contribution is 0.518. The molecule has 0 saturated heterocycles. The molecule has 0 amide bonds. The van der Waals surface area contributed by atoms with E-state index >= 15 is 0 Å². The molecule has 0 saturated carbocycles. The molecule has 0 nitrogen and oxygen atoms in total. The summed E-state index contributed by atoms with van der Waals surface area (Å²) >= 11 is 0. The normalized spacial score (nSPS) is 13.6. The highest BCUT2D eigenvalue weighted by atomic mass is 31.1. The zero-order valence-electron chi connectivity index (χ0n) is 20.2. The lowest BCUT2D eigenvalue weighted by atomic mass is 9.87. The van der Waals surface area contributed by atoms with Crippen LogP contribution in [0.25, 0.3) is 16.7 Å². The Hall–Kier alpha value is -3.21. The second kappa shape index (κ2) is 9.57. The van der Waals surface area contributed by atoms with E-state index in [1.807, 2.05) is 0 Å². The predicted molar refractivity (Wildman–Crippen MR) is 151 cm³/mol. The summed E-state index contributed by atoms with van der Waals surface area (Å²) in [5.41, 5.74) is 6.95. The molecule has 1 heteroatoms. The van der Waals surface area contributed by atoms with Crippen LogP contribution < -0.4 is 15.9 Å². The van der Waals surface area contributed by atoms with Crippen LogP contribution in [0.5, 0.6) is 0 Å². The maximum atomic E-state index is 2.45. The van der Waals surface area contributed by atoms with Crippen LogP contribution in [-0.4, -0.2) is 0 Å². The van der Waals surface area contributed by atoms with E-state index in [4.69, 9.17) is 0 Å². The molecule has 1 aliphatic rings. The summed E-state index contributed by atoms with van der Waals surface area (Å²) in [6.07, 6.45) is 5.85. The first-order valence-corrected chi connectivity index (χ1v) is 13.4. The molecule has 0 N–H and O–H groups in total. The summed E-state index contributed by atoms with van der Waals surface area (Å²) < 4.78 is 0. The SMILES string of the molecule is CC(C)(C)C1=CCC(c2ccc(-c3ccccc3)cc2P(c2ccccc2)c2ccccc2)=C1. The average molecular weight is 459 g/mol. The van der Waals surface area contributed by atoms with Crippen molar-refractivity contribution < 1.29 is 0 Å². The van der Waals surface area contributed by atoms with Crippen molar-refractivity contribution in [1.29, 1.82) is 0 Å². The Balaban J connectivity index is 1.72. The molecule has 0 heterocycles. The van der Waals surface area contributed by atoms with Crippen LogP contribution in [0.1, 0.15) is 32.8 Å². The molecule has 1 aliphatic carbocycles. The Morgan fingerprint density at radius 1 is 0.618 bits per heavy atom. The fourth-order valence-corrected chi connectivity index (χ4v) is 7.14. The molecule has 0 aliphatic heterocycles. The van der Waals surface area contributed by atoms with Gasteiger partial charge < -0.3 is 0 Å². The Labute approximate surface area is 205 Å². The van der Waals surface area contributed by atoms with Crippen LogP contribution in [0.3, 0.4) is 0 Å². The van der Waals surface area contributed by atoms with Gasteiger partial charge in [-0.15, -0.1) is 0 Å². The summed E-state index contributed by atoms with van der Waals surface area (Å²) in [6.45, 7) is 6.91. The molecule has 0 spiro atoms. The van der Waals surface area contributed by atoms with Crippen molar-refractivity contribution in [3.05, 3.63) is 132 Å². The maximum absolute atomic E-state index is 2.45. The molecule has 0 bridgehead atoms. The molecule has 0 aromatic heterocycles. The fourth-order valence-electron chi connectivity index (χ4n) is 4.62. The molecular weight excluding hydrogens is 427 g/mol. The highest BCUT2D eigenvalue weighted by Gasteiger charge is 2.25. The third-order valence-electron chi connectivity index (χ3n) is 6.46. The molecule has 4 aromatic carbocycles. The molecular formula is C33H31P. The van der Waals surface area contributed by atoms with Crippen molar-refractivity contribution >= 4 is 29.4 Å². The van der Waals surface area contributed by atoms with E-state index in [1.54, 1.807) is 0 Å². The van der Waals surface area contributed by atoms with Crippen molar-refractivity contribution in [2.45, 2.75) is 27.2 Å². The Morgan fingerprint density at radius 3 is 1.71 bits per heavy atom. The number of hydrogen-bond donors (Lipinski definition) is 0. The lowest BCUT2D eigenvalue weighted by Crippen LogP contribution is -2.23. The van der Waals surface area contributed by atoms with E-state index in [0.29, 0.717) is 0 Å². The molecule has 0 atom stereocenters. The minimum Gasteiger partial charge on any atom is -0.0763 e. The second-order valence-electron chi connectivity index (χ2n) is 9.89. The van der Waals surface area contributed by atoms with Gasteiger partial charge in [-0.3, -0.25) is 0 Å². The van der Waals surface area contributed by atoms with Gasteiger partial charge >= 0.3 is 0 Å². The van der Waals surface area contributed by atoms with Gasteiger partial charge in [0.25, 0.3) is 0 Å². The summed E-state index contributed by atoms with van der Waals surface area (Å²) in [6, 6.07) is 39.9. The molecule has 0 fully saturated rings. The Kier molecular flexibility index (Phi) is 6.36. The highest BCUT2D eigenvalue weighted by Crippen LogP contribution is 2.41. The van der Waals surface area contributed by atoms with Gasteiger partial charge in [0.2, 0.25) is 0 Å². The third kappa shape index (κ3) is 4.70. The highest BCUT2D eigenvalue weighted by molar-refractivity contribution is 7.80. The van der Waals surface area contributed by atoms with E-state index in [9.17, 15) is 0 Å². The third-order valence-corrected chi connectivity index (χ3v) is 8.94. The fraction of sp³-hybridized carbons (Fsp3) is 0.152. The number of hydrogen-bond acceptors (Lipinski definition) is 0. The van der Waals surface area contributed by atoms with Crippen molar-refractivity contribution in [3.63, 3.8) is 0 Å². The largest absolute Gasteiger partial charge is 0.0763 e. The van der Waals surface area contributed by atoms with Crippen LogP contribution in [0.2, 0.25) is 0 Å². The number of rotatable bonds is 5. The van der Waals surface area contributed by atoms with Gasteiger partial charge in [0.1, 0.15) is 0 Å². The number of allylic oxidation sites excluding steroid dienone is 4. The monoisotopic (exact) mass is 458 g/mol. The van der Waals surface area contributed by atoms with Gasteiger partial charge in [0.05, 0.1) is 0 Å². The smallest absolute Gasteiger partial charge is 0.00696 e. The van der Waals surface area contributed by atoms with Crippen LogP contribution >= 0.6 is 7.92 Å². The minimum atomic E-state index is -0.696. The molecule has 0 radical (unpaired) electrons. The van der Waals surface area contributed by atoms with Gasteiger partial charge in [-0.25, -0.2) is 0 Å². The van der Waals surface area contributed by atoms with Gasteiger partial charge in [0.15, 0.2) is 0 Å². The Morgan fingerprint density at radius 2 is 1.18 bits per heavy atom. The van der Waals surface area contributed by atoms with Crippen LogP contribution in [0.15, 0.2) is 127 Å². The maximum Gasteiger partial charge on any atom is -0.00696 e. The summed E-state index contributed by atoms with van der Waals surface area (Å²) in [7, 11) is -0.696. The summed E-state index contributed by atoms with van der Waals surface area (Å²) in [5.74, 6) is 0. The first-order chi connectivity index (χ1) is 16.5. The first-order valence-electron chi connectivity index (χ1n) is 12.0. The van der Waals surface area contributed by atoms with E-state index in [-0.39, 0.29) is 5.41 Å². The van der Waals surface area contributed by atoms with E-state index in [0.717, 1.165) is 6.42 Å². The molecule has 34 heavy (non-hydrogen) atoms. The van der Waals surface area contributed by atoms with Gasteiger partial charge in [-0.1, -0.05) is 136 Å². The topological polar surface area (TPSA) is 0 Å². The molecule has 0 unspecified atom stereocenters. The van der Waals surface area contributed by atoms with Crippen molar-refractivity contribution in [2.24, 2.45) is 5.41 Å². The van der Waals surface area contributed by atoms with E-state index < -0.39 is 7.92 Å². The molecule has 168 valence electrons.